The molecule has 6 nitrogen and oxygen atoms in total. The number of halogens is 1. The number of aryl methyl sites for hydroxylation is 2. The van der Waals surface area contributed by atoms with E-state index < -0.39 is 15.9 Å². The highest BCUT2D eigenvalue weighted by Gasteiger charge is 2.19. The van der Waals surface area contributed by atoms with Gasteiger partial charge in [-0.1, -0.05) is 23.7 Å². The zero-order valence-corrected chi connectivity index (χ0v) is 19.0. The second-order valence-corrected chi connectivity index (χ2v) is 9.16. The minimum absolute atomic E-state index is 0.00323. The highest BCUT2D eigenvalue weighted by Crippen LogP contribution is 2.30. The van der Waals surface area contributed by atoms with Crippen molar-refractivity contribution in [2.45, 2.75) is 25.7 Å². The Kier molecular flexibility index (Phi) is 6.87. The summed E-state index contributed by atoms with van der Waals surface area (Å²) in [6.07, 6.45) is 0. The molecule has 3 rings (SSSR count). The fourth-order valence-electron chi connectivity index (χ4n) is 3.13. The lowest BCUT2D eigenvalue weighted by Crippen LogP contribution is -2.16. The number of carbonyl (C=O) groups is 1. The summed E-state index contributed by atoms with van der Waals surface area (Å²) in [5, 5.41) is 3.14. The molecule has 31 heavy (non-hydrogen) atoms. The van der Waals surface area contributed by atoms with Crippen molar-refractivity contribution in [3.8, 4) is 5.75 Å². The minimum Gasteiger partial charge on any atom is -0.492 e. The smallest absolute Gasteiger partial charge is 0.261 e. The summed E-state index contributed by atoms with van der Waals surface area (Å²) in [6.45, 7) is 5.94. The van der Waals surface area contributed by atoms with E-state index in [4.69, 9.17) is 16.3 Å². The molecular formula is C23H23ClN2O4S. The number of hydrogen-bond donors (Lipinski definition) is 2. The van der Waals surface area contributed by atoms with Gasteiger partial charge in [0, 0.05) is 16.3 Å². The predicted octanol–water partition coefficient (Wildman–Crippen LogP) is 5.41. The largest absolute Gasteiger partial charge is 0.492 e. The summed E-state index contributed by atoms with van der Waals surface area (Å²) in [5.74, 6) is -0.0662. The number of amides is 1. The standard InChI is InChI=1S/C23H23ClN2O4S/c1-4-30-22-9-8-20(31(28,29)26-19-11-15(2)10-16(3)12-19)14-21(22)25-23(27)17-6-5-7-18(24)13-17/h5-14,26H,4H2,1-3H3,(H,25,27). The molecule has 0 saturated carbocycles. The van der Waals surface area contributed by atoms with Crippen molar-refractivity contribution in [2.75, 3.05) is 16.6 Å². The van der Waals surface area contributed by atoms with E-state index in [-0.39, 0.29) is 10.6 Å². The quantitative estimate of drug-likeness (QED) is 0.495. The lowest BCUT2D eigenvalue weighted by molar-refractivity contribution is 0.102. The Morgan fingerprint density at radius 1 is 1.00 bits per heavy atom. The Hall–Kier alpha value is -3.03. The Labute approximate surface area is 187 Å². The molecule has 8 heteroatoms. The van der Waals surface area contributed by atoms with Crippen LogP contribution in [0.3, 0.4) is 0 Å². The minimum atomic E-state index is -3.89. The van der Waals surface area contributed by atoms with Gasteiger partial charge in [-0.3, -0.25) is 9.52 Å². The summed E-state index contributed by atoms with van der Waals surface area (Å²) < 4.78 is 34.1. The van der Waals surface area contributed by atoms with Gasteiger partial charge in [0.05, 0.1) is 17.2 Å². The van der Waals surface area contributed by atoms with Crippen molar-refractivity contribution in [3.05, 3.63) is 82.4 Å². The predicted molar refractivity (Wildman–Crippen MR) is 124 cm³/mol. The molecule has 0 fully saturated rings. The van der Waals surface area contributed by atoms with Crippen molar-refractivity contribution >= 4 is 38.9 Å². The van der Waals surface area contributed by atoms with E-state index in [1.807, 2.05) is 19.9 Å². The van der Waals surface area contributed by atoms with Gasteiger partial charge in [-0.25, -0.2) is 8.42 Å². The zero-order chi connectivity index (χ0) is 22.6. The first-order valence-corrected chi connectivity index (χ1v) is 11.5. The molecule has 2 N–H and O–H groups in total. The maximum Gasteiger partial charge on any atom is 0.261 e. The molecule has 162 valence electrons. The van der Waals surface area contributed by atoms with Gasteiger partial charge in [-0.2, -0.15) is 0 Å². The van der Waals surface area contributed by atoms with Crippen LogP contribution in [0.1, 0.15) is 28.4 Å². The highest BCUT2D eigenvalue weighted by molar-refractivity contribution is 7.92. The summed E-state index contributed by atoms with van der Waals surface area (Å²) >= 11 is 5.96. The fraction of sp³-hybridized carbons (Fsp3) is 0.174. The van der Waals surface area contributed by atoms with Crippen LogP contribution in [-0.4, -0.2) is 20.9 Å². The Morgan fingerprint density at radius 3 is 2.35 bits per heavy atom. The molecule has 0 saturated heterocycles. The summed E-state index contributed by atoms with van der Waals surface area (Å²) in [4.78, 5) is 12.7. The van der Waals surface area contributed by atoms with Gasteiger partial charge < -0.3 is 10.1 Å². The maximum absolute atomic E-state index is 13.0. The Bertz CT molecular complexity index is 1210. The number of benzene rings is 3. The topological polar surface area (TPSA) is 84.5 Å². The van der Waals surface area contributed by atoms with Crippen LogP contribution in [0, 0.1) is 13.8 Å². The molecule has 0 aliphatic heterocycles. The molecular weight excluding hydrogens is 436 g/mol. The third-order valence-electron chi connectivity index (χ3n) is 4.37. The van der Waals surface area contributed by atoms with Crippen LogP contribution < -0.4 is 14.8 Å². The Morgan fingerprint density at radius 2 is 1.71 bits per heavy atom. The first-order valence-electron chi connectivity index (χ1n) is 9.63. The number of sulfonamides is 1. The number of ether oxygens (including phenoxy) is 1. The van der Waals surface area contributed by atoms with Crippen molar-refractivity contribution in [1.82, 2.24) is 0 Å². The Balaban J connectivity index is 1.93. The van der Waals surface area contributed by atoms with E-state index in [0.717, 1.165) is 11.1 Å². The molecule has 0 aliphatic carbocycles. The molecule has 0 aliphatic rings. The number of anilines is 2. The van der Waals surface area contributed by atoms with Crippen molar-refractivity contribution in [3.63, 3.8) is 0 Å². The lowest BCUT2D eigenvalue weighted by atomic mass is 10.1. The van der Waals surface area contributed by atoms with Crippen LogP contribution in [-0.2, 0) is 10.0 Å². The van der Waals surface area contributed by atoms with E-state index in [9.17, 15) is 13.2 Å². The van der Waals surface area contributed by atoms with Crippen LogP contribution in [0.5, 0.6) is 5.75 Å². The van der Waals surface area contributed by atoms with E-state index in [2.05, 4.69) is 10.0 Å². The van der Waals surface area contributed by atoms with Crippen LogP contribution in [0.25, 0.3) is 0 Å². The van der Waals surface area contributed by atoms with Crippen LogP contribution in [0.15, 0.2) is 65.6 Å². The molecule has 3 aromatic rings. The van der Waals surface area contributed by atoms with Gasteiger partial charge in [0.1, 0.15) is 5.75 Å². The number of rotatable bonds is 7. The zero-order valence-electron chi connectivity index (χ0n) is 17.4. The molecule has 3 aromatic carbocycles. The number of hydrogen-bond acceptors (Lipinski definition) is 4. The average Bonchev–Trinajstić information content (AvgIpc) is 2.68. The molecule has 1 amide bonds. The summed E-state index contributed by atoms with van der Waals surface area (Å²) in [5.41, 5.74) is 2.94. The van der Waals surface area contributed by atoms with E-state index in [1.54, 1.807) is 37.3 Å². The van der Waals surface area contributed by atoms with Gasteiger partial charge >= 0.3 is 0 Å². The van der Waals surface area contributed by atoms with Gasteiger partial charge in [0.15, 0.2) is 0 Å². The maximum atomic E-state index is 13.0. The van der Waals surface area contributed by atoms with E-state index in [0.29, 0.717) is 28.6 Å². The van der Waals surface area contributed by atoms with E-state index >= 15 is 0 Å². The van der Waals surface area contributed by atoms with Gasteiger partial charge in [-0.05, 0) is 80.4 Å². The first-order chi connectivity index (χ1) is 14.7. The molecule has 0 bridgehead atoms. The van der Waals surface area contributed by atoms with Crippen LogP contribution in [0.2, 0.25) is 5.02 Å². The van der Waals surface area contributed by atoms with Gasteiger partial charge in [-0.15, -0.1) is 0 Å². The number of nitrogens with one attached hydrogen (secondary N) is 2. The highest BCUT2D eigenvalue weighted by atomic mass is 35.5. The molecule has 0 unspecified atom stereocenters. The van der Waals surface area contributed by atoms with Crippen molar-refractivity contribution < 1.29 is 17.9 Å². The second-order valence-electron chi connectivity index (χ2n) is 7.04. The lowest BCUT2D eigenvalue weighted by Gasteiger charge is -2.15. The van der Waals surface area contributed by atoms with Gasteiger partial charge in [0.2, 0.25) is 0 Å². The van der Waals surface area contributed by atoms with E-state index in [1.165, 1.54) is 24.3 Å². The molecule has 0 radical (unpaired) electrons. The fourth-order valence-corrected chi connectivity index (χ4v) is 4.38. The third kappa shape index (κ3) is 5.77. The molecule has 0 aromatic heterocycles. The summed E-state index contributed by atoms with van der Waals surface area (Å²) in [6, 6.07) is 16.3. The molecule has 0 spiro atoms. The SMILES string of the molecule is CCOc1ccc(S(=O)(=O)Nc2cc(C)cc(C)c2)cc1NC(=O)c1cccc(Cl)c1. The molecule has 0 heterocycles. The van der Waals surface area contributed by atoms with Crippen molar-refractivity contribution in [1.29, 1.82) is 0 Å². The van der Waals surface area contributed by atoms with Crippen LogP contribution in [0.4, 0.5) is 11.4 Å². The third-order valence-corrected chi connectivity index (χ3v) is 5.98. The summed E-state index contributed by atoms with van der Waals surface area (Å²) in [7, 11) is -3.89. The first kappa shape index (κ1) is 22.7. The second kappa shape index (κ2) is 9.41. The van der Waals surface area contributed by atoms with Gasteiger partial charge in [0.25, 0.3) is 15.9 Å². The van der Waals surface area contributed by atoms with Crippen molar-refractivity contribution in [2.24, 2.45) is 0 Å². The normalized spacial score (nSPS) is 11.1. The van der Waals surface area contributed by atoms with Crippen LogP contribution >= 0.6 is 11.6 Å². The average molecular weight is 459 g/mol. The molecule has 0 atom stereocenters. The monoisotopic (exact) mass is 458 g/mol. The number of carbonyl (C=O) groups excluding carboxylic acids is 1.